The molecule has 0 spiro atoms. The maximum Gasteiger partial charge on any atom is 0.293 e. The fraction of sp³-hybridized carbons (Fsp3) is 0.308. The Morgan fingerprint density at radius 2 is 2.19 bits per heavy atom. The Morgan fingerprint density at radius 1 is 1.48 bits per heavy atom. The largest absolute Gasteiger partial charge is 0.871 e. The number of fused-ring (bicyclic) bond motifs is 3. The van der Waals surface area contributed by atoms with Crippen molar-refractivity contribution in [1.82, 2.24) is 0 Å². The number of anilines is 1. The molecule has 3 rings (SSSR count). The van der Waals surface area contributed by atoms with Crippen molar-refractivity contribution in [2.45, 2.75) is 18.4 Å². The van der Waals surface area contributed by atoms with Crippen molar-refractivity contribution in [2.24, 2.45) is 5.92 Å². The first kappa shape index (κ1) is 13.7. The van der Waals surface area contributed by atoms with E-state index in [-0.39, 0.29) is 22.0 Å². The third kappa shape index (κ3) is 1.92. The van der Waals surface area contributed by atoms with Gasteiger partial charge < -0.3 is 20.3 Å². The van der Waals surface area contributed by atoms with E-state index in [9.17, 15) is 25.1 Å². The number of nitrogens with zero attached hydrogens (tertiary/aromatic N) is 1. The number of aliphatic carboxylic acids is 1. The number of nitro benzene ring substituents is 1. The van der Waals surface area contributed by atoms with Gasteiger partial charge in [0.05, 0.1) is 22.5 Å². The first-order chi connectivity index (χ1) is 9.91. The van der Waals surface area contributed by atoms with Crippen molar-refractivity contribution >= 4 is 28.9 Å². The highest BCUT2D eigenvalue weighted by molar-refractivity contribution is 6.33. The Morgan fingerprint density at radius 3 is 2.81 bits per heavy atom. The van der Waals surface area contributed by atoms with Gasteiger partial charge in [-0.15, -0.1) is 0 Å². The fourth-order valence-electron chi connectivity index (χ4n) is 3.12. The number of carboxylic acids is 1. The van der Waals surface area contributed by atoms with Crippen molar-refractivity contribution in [3.8, 4) is 5.75 Å². The number of carbonyl (C=O) groups excluding carboxylic acids is 1. The average Bonchev–Trinajstić information content (AvgIpc) is 2.86. The van der Waals surface area contributed by atoms with E-state index >= 15 is 0 Å². The lowest BCUT2D eigenvalue weighted by molar-refractivity contribution is -0.385. The summed E-state index contributed by atoms with van der Waals surface area (Å²) in [6, 6.07) is -0.136. The van der Waals surface area contributed by atoms with Crippen LogP contribution in [-0.2, 0) is 4.79 Å². The first-order valence-electron chi connectivity index (χ1n) is 6.23. The van der Waals surface area contributed by atoms with Crippen molar-refractivity contribution in [1.29, 1.82) is 0 Å². The number of hydrogen-bond donors (Lipinski definition) is 1. The second-order valence-electron chi connectivity index (χ2n) is 5.05. The van der Waals surface area contributed by atoms with Crippen LogP contribution < -0.4 is 15.5 Å². The molecule has 8 heteroatoms. The second-order valence-corrected chi connectivity index (χ2v) is 5.45. The number of nitrogens with one attached hydrogen (secondary N) is 1. The maximum absolute atomic E-state index is 12.0. The normalized spacial score (nSPS) is 25.9. The number of rotatable bonds is 2. The van der Waals surface area contributed by atoms with Crippen LogP contribution in [0.1, 0.15) is 17.9 Å². The van der Waals surface area contributed by atoms with Crippen molar-refractivity contribution in [3.05, 3.63) is 38.9 Å². The summed E-state index contributed by atoms with van der Waals surface area (Å²) in [5.74, 6) is -2.86. The van der Waals surface area contributed by atoms with Crippen molar-refractivity contribution in [2.75, 3.05) is 5.32 Å². The topological polar surface area (TPSA) is 118 Å². The highest BCUT2D eigenvalue weighted by atomic mass is 35.5. The minimum Gasteiger partial charge on any atom is -0.871 e. The molecule has 110 valence electrons. The molecule has 2 aliphatic rings. The van der Waals surface area contributed by atoms with Crippen LogP contribution in [0.15, 0.2) is 18.2 Å². The molecule has 7 nitrogen and oxygen atoms in total. The first-order valence-corrected chi connectivity index (χ1v) is 6.61. The molecule has 1 N–H and O–H groups in total. The van der Waals surface area contributed by atoms with Gasteiger partial charge in [-0.1, -0.05) is 29.5 Å². The Kier molecular flexibility index (Phi) is 3.02. The number of hydrogen-bond acceptors (Lipinski definition) is 6. The van der Waals surface area contributed by atoms with E-state index in [1.165, 1.54) is 0 Å². The van der Waals surface area contributed by atoms with Gasteiger partial charge in [0.15, 0.2) is 0 Å². The summed E-state index contributed by atoms with van der Waals surface area (Å²) in [5, 5.41) is 36.8. The van der Waals surface area contributed by atoms with E-state index in [2.05, 4.69) is 5.32 Å². The molecule has 0 saturated heterocycles. The molecule has 1 aromatic carbocycles. The molecule has 0 saturated carbocycles. The van der Waals surface area contributed by atoms with Crippen molar-refractivity contribution < 1.29 is 19.9 Å². The lowest BCUT2D eigenvalue weighted by Crippen LogP contribution is -2.49. The van der Waals surface area contributed by atoms with Gasteiger partial charge in [0.2, 0.25) is 0 Å². The number of allylic oxidation sites excluding steroid dienone is 2. The molecule has 0 aromatic heterocycles. The highest BCUT2D eigenvalue weighted by Gasteiger charge is 2.42. The number of carbonyl (C=O) groups is 1. The van der Waals surface area contributed by atoms with E-state index in [1.807, 2.05) is 0 Å². The maximum atomic E-state index is 12.0. The molecule has 1 aliphatic heterocycles. The third-order valence-corrected chi connectivity index (χ3v) is 4.25. The van der Waals surface area contributed by atoms with Crippen LogP contribution in [0.5, 0.6) is 5.75 Å². The summed E-state index contributed by atoms with van der Waals surface area (Å²) in [5.41, 5.74) is -0.265. The number of benzene rings is 1. The molecular formula is C13H9ClN2O5-2. The summed E-state index contributed by atoms with van der Waals surface area (Å²) in [7, 11) is 0. The van der Waals surface area contributed by atoms with Gasteiger partial charge in [-0.05, 0) is 18.4 Å². The molecule has 3 atom stereocenters. The Hall–Kier alpha value is -2.28. The van der Waals surface area contributed by atoms with Gasteiger partial charge in [-0.3, -0.25) is 10.1 Å². The molecule has 1 heterocycles. The summed E-state index contributed by atoms with van der Waals surface area (Å²) < 4.78 is 0. The van der Waals surface area contributed by atoms with Gasteiger partial charge in [0.1, 0.15) is 5.02 Å². The van der Waals surface area contributed by atoms with Gasteiger partial charge in [0.25, 0.3) is 5.69 Å². The van der Waals surface area contributed by atoms with Crippen molar-refractivity contribution in [3.63, 3.8) is 0 Å². The Bertz CT molecular complexity index is 688. The summed E-state index contributed by atoms with van der Waals surface area (Å²) in [6.07, 6.45) is 3.87. The van der Waals surface area contributed by atoms with Crippen LogP contribution in [0.4, 0.5) is 11.4 Å². The van der Waals surface area contributed by atoms with Gasteiger partial charge in [-0.2, -0.15) is 0 Å². The zero-order valence-corrected chi connectivity index (χ0v) is 11.3. The zero-order chi connectivity index (χ0) is 15.3. The summed E-state index contributed by atoms with van der Waals surface area (Å²) in [4.78, 5) is 21.8. The summed E-state index contributed by atoms with van der Waals surface area (Å²) >= 11 is 5.83. The predicted octanol–water partition coefficient (Wildman–Crippen LogP) is 0.525. The fourth-order valence-corrected chi connectivity index (χ4v) is 3.39. The van der Waals surface area contributed by atoms with E-state index in [1.54, 1.807) is 12.2 Å². The minimum atomic E-state index is -1.34. The summed E-state index contributed by atoms with van der Waals surface area (Å²) in [6.45, 7) is 0. The molecule has 1 aliphatic carbocycles. The van der Waals surface area contributed by atoms with E-state index in [4.69, 9.17) is 11.6 Å². The SMILES string of the molecule is O=C([O-])[C@@H]1Nc2c([O-])cc(Cl)c([N+](=O)[O-])c2[C@@H]2C=CC[C@H]12. The third-order valence-electron chi connectivity index (χ3n) is 3.97. The average molecular weight is 309 g/mol. The lowest BCUT2D eigenvalue weighted by Gasteiger charge is -2.39. The standard InChI is InChI=1S/C13H11ClN2O5/c14-7-4-8(17)11-9(12(7)16(20)21)5-2-1-3-6(5)10(15-11)13(18)19/h1-2,4-6,10,15,17H,3H2,(H,18,19)/p-2/t5-,6+,10-/m1/s1. The van der Waals surface area contributed by atoms with E-state index in [0.29, 0.717) is 6.42 Å². The van der Waals surface area contributed by atoms with Gasteiger partial charge in [0, 0.05) is 11.6 Å². The van der Waals surface area contributed by atoms with Crippen LogP contribution in [0.25, 0.3) is 0 Å². The Labute approximate surface area is 124 Å². The number of nitro groups is 1. The van der Waals surface area contributed by atoms with Crippen LogP contribution in [0, 0.1) is 16.0 Å². The van der Waals surface area contributed by atoms with Crippen LogP contribution in [0.2, 0.25) is 5.02 Å². The monoisotopic (exact) mass is 308 g/mol. The van der Waals surface area contributed by atoms with Crippen LogP contribution >= 0.6 is 11.6 Å². The lowest BCUT2D eigenvalue weighted by atomic mass is 9.78. The molecule has 0 radical (unpaired) electrons. The predicted molar refractivity (Wildman–Crippen MR) is 70.0 cm³/mol. The Balaban J connectivity index is 2.27. The molecule has 0 fully saturated rings. The molecule has 0 bridgehead atoms. The van der Waals surface area contributed by atoms with Gasteiger partial charge >= 0.3 is 0 Å². The van der Waals surface area contributed by atoms with Gasteiger partial charge in [-0.25, -0.2) is 0 Å². The second kappa shape index (κ2) is 4.63. The highest BCUT2D eigenvalue weighted by Crippen LogP contribution is 2.52. The molecule has 0 unspecified atom stereocenters. The molecule has 0 amide bonds. The van der Waals surface area contributed by atoms with E-state index < -0.39 is 34.5 Å². The number of halogens is 1. The number of carboxylic acid groups (broad SMARTS) is 1. The van der Waals surface area contributed by atoms with Crippen LogP contribution in [-0.4, -0.2) is 16.9 Å². The molecule has 1 aromatic rings. The molecular weight excluding hydrogens is 300 g/mol. The minimum absolute atomic E-state index is 0.0758. The smallest absolute Gasteiger partial charge is 0.293 e. The van der Waals surface area contributed by atoms with Crippen LogP contribution in [0.3, 0.4) is 0 Å². The zero-order valence-electron chi connectivity index (χ0n) is 10.5. The quantitative estimate of drug-likeness (QED) is 0.483. The van der Waals surface area contributed by atoms with E-state index in [0.717, 1.165) is 6.07 Å². The molecule has 21 heavy (non-hydrogen) atoms.